The smallest absolute Gasteiger partial charge is 0.137 e. The van der Waals surface area contributed by atoms with Gasteiger partial charge in [0.05, 0.1) is 12.7 Å². The quantitative estimate of drug-likeness (QED) is 0.676. The van der Waals surface area contributed by atoms with Crippen LogP contribution < -0.4 is 0 Å². The highest BCUT2D eigenvalue weighted by Gasteiger charge is 2.32. The molecule has 0 aromatic rings. The summed E-state index contributed by atoms with van der Waals surface area (Å²) in [5, 5.41) is 8.84. The van der Waals surface area contributed by atoms with Gasteiger partial charge in [-0.15, -0.1) is 0 Å². The highest BCUT2D eigenvalue weighted by atomic mass is 32.4. The predicted molar refractivity (Wildman–Crippen MR) is 45.2 cm³/mol. The summed E-state index contributed by atoms with van der Waals surface area (Å²) in [6.07, 6.45) is 0.804. The summed E-state index contributed by atoms with van der Waals surface area (Å²) >= 11 is 4.64. The first-order valence-electron chi connectivity index (χ1n) is 3.52. The lowest BCUT2D eigenvalue weighted by Gasteiger charge is -2.12. The topological polar surface area (TPSA) is 38.7 Å². The fraction of sp³-hybridized carbons (Fsp3) is 1.00. The average molecular weight is 194 g/mol. The molecule has 0 saturated carbocycles. The Morgan fingerprint density at radius 3 is 3.09 bits per heavy atom. The zero-order valence-electron chi connectivity index (χ0n) is 6.27. The van der Waals surface area contributed by atoms with Gasteiger partial charge in [-0.25, -0.2) is 0 Å². The molecule has 11 heavy (non-hydrogen) atoms. The SMILES string of the molecule is CC1CC(OP=S)C(CO)O1. The van der Waals surface area contributed by atoms with Crippen LogP contribution >= 0.6 is 7.58 Å². The molecule has 3 atom stereocenters. The molecule has 3 unspecified atom stereocenters. The first kappa shape index (κ1) is 9.49. The molecule has 64 valence electrons. The van der Waals surface area contributed by atoms with Gasteiger partial charge in [0.15, 0.2) is 0 Å². The van der Waals surface area contributed by atoms with Crippen molar-refractivity contribution in [2.75, 3.05) is 6.61 Å². The van der Waals surface area contributed by atoms with Crippen molar-refractivity contribution in [2.45, 2.75) is 31.7 Å². The molecule has 5 heteroatoms. The molecule has 1 aliphatic rings. The Morgan fingerprint density at radius 2 is 2.55 bits per heavy atom. The predicted octanol–water partition coefficient (Wildman–Crippen LogP) is 0.864. The summed E-state index contributed by atoms with van der Waals surface area (Å²) in [5.41, 5.74) is 0. The van der Waals surface area contributed by atoms with Crippen molar-refractivity contribution in [3.05, 3.63) is 0 Å². The van der Waals surface area contributed by atoms with Crippen molar-refractivity contribution in [2.24, 2.45) is 0 Å². The number of hydrogen-bond donors (Lipinski definition) is 1. The molecule has 1 rings (SSSR count). The second-order valence-electron chi connectivity index (χ2n) is 2.62. The Kier molecular flexibility index (Phi) is 3.82. The molecule has 1 aliphatic heterocycles. The lowest BCUT2D eigenvalue weighted by atomic mass is 10.1. The molecular formula is C6H11O3PS. The van der Waals surface area contributed by atoms with Crippen LogP contribution in [0.3, 0.4) is 0 Å². The molecule has 0 amide bonds. The minimum atomic E-state index is -0.180. The van der Waals surface area contributed by atoms with E-state index in [9.17, 15) is 0 Å². The van der Waals surface area contributed by atoms with E-state index in [4.69, 9.17) is 14.4 Å². The van der Waals surface area contributed by atoms with Crippen LogP contribution in [0.5, 0.6) is 0 Å². The minimum Gasteiger partial charge on any atom is -0.394 e. The standard InChI is InChI=1S/C6H11O3PS/c1-4-2-5(9-10-11)6(3-7)8-4/h4-7H,2-3H2,1H3. The van der Waals surface area contributed by atoms with Crippen molar-refractivity contribution in [1.29, 1.82) is 0 Å². The second kappa shape index (κ2) is 4.43. The van der Waals surface area contributed by atoms with E-state index in [0.29, 0.717) is 7.58 Å². The van der Waals surface area contributed by atoms with E-state index in [2.05, 4.69) is 11.8 Å². The van der Waals surface area contributed by atoms with Crippen LogP contribution in [0, 0.1) is 0 Å². The summed E-state index contributed by atoms with van der Waals surface area (Å²) in [6, 6.07) is 0. The maximum absolute atomic E-state index is 8.84. The van der Waals surface area contributed by atoms with Crippen molar-refractivity contribution in [3.63, 3.8) is 0 Å². The molecule has 0 radical (unpaired) electrons. The molecule has 1 heterocycles. The van der Waals surface area contributed by atoms with E-state index < -0.39 is 0 Å². The Hall–Kier alpha value is 0.400. The molecule has 0 aliphatic carbocycles. The Labute approximate surface area is 72.6 Å². The molecule has 1 fully saturated rings. The number of aliphatic hydroxyl groups is 1. The number of rotatable bonds is 3. The van der Waals surface area contributed by atoms with Crippen LogP contribution in [0.1, 0.15) is 13.3 Å². The largest absolute Gasteiger partial charge is 0.394 e. The molecule has 3 nitrogen and oxygen atoms in total. The first-order valence-corrected chi connectivity index (χ1v) is 5.35. The van der Waals surface area contributed by atoms with Crippen molar-refractivity contribution in [1.82, 2.24) is 0 Å². The lowest BCUT2D eigenvalue weighted by molar-refractivity contribution is -0.00734. The van der Waals surface area contributed by atoms with Gasteiger partial charge < -0.3 is 14.4 Å². The molecule has 1 saturated heterocycles. The first-order chi connectivity index (χ1) is 5.27. The van der Waals surface area contributed by atoms with E-state index in [1.54, 1.807) is 0 Å². The van der Waals surface area contributed by atoms with Gasteiger partial charge in [-0.05, 0) is 18.7 Å². The summed E-state index contributed by atoms with van der Waals surface area (Å²) < 4.78 is 10.5. The highest BCUT2D eigenvalue weighted by molar-refractivity contribution is 7.94. The second-order valence-corrected chi connectivity index (χ2v) is 3.43. The van der Waals surface area contributed by atoms with Crippen molar-refractivity contribution >= 4 is 19.4 Å². The highest BCUT2D eigenvalue weighted by Crippen LogP contribution is 2.25. The van der Waals surface area contributed by atoms with E-state index in [0.717, 1.165) is 6.42 Å². The maximum atomic E-state index is 8.84. The van der Waals surface area contributed by atoms with Crippen LogP contribution in [-0.2, 0) is 21.1 Å². The molecular weight excluding hydrogens is 183 g/mol. The fourth-order valence-corrected chi connectivity index (χ4v) is 1.91. The summed E-state index contributed by atoms with van der Waals surface area (Å²) in [6.45, 7) is 1.98. The lowest BCUT2D eigenvalue weighted by Crippen LogP contribution is -2.25. The van der Waals surface area contributed by atoms with Crippen LogP contribution in [0.25, 0.3) is 0 Å². The van der Waals surface area contributed by atoms with Gasteiger partial charge in [0.25, 0.3) is 0 Å². The van der Waals surface area contributed by atoms with E-state index in [1.165, 1.54) is 0 Å². The van der Waals surface area contributed by atoms with Crippen molar-refractivity contribution in [3.8, 4) is 0 Å². The molecule has 0 aromatic carbocycles. The normalized spacial score (nSPS) is 38.2. The van der Waals surface area contributed by atoms with Crippen molar-refractivity contribution < 1.29 is 14.4 Å². The van der Waals surface area contributed by atoms with Gasteiger partial charge in [-0.3, -0.25) is 0 Å². The summed E-state index contributed by atoms with van der Waals surface area (Å²) in [5.74, 6) is 0. The van der Waals surface area contributed by atoms with Crippen LogP contribution in [-0.4, -0.2) is 30.0 Å². The van der Waals surface area contributed by atoms with Gasteiger partial charge in [0.1, 0.15) is 19.8 Å². The molecule has 0 aromatic heterocycles. The third kappa shape index (κ3) is 2.42. The molecule has 0 spiro atoms. The monoisotopic (exact) mass is 194 g/mol. The molecule has 1 N–H and O–H groups in total. The van der Waals surface area contributed by atoms with Crippen LogP contribution in [0.4, 0.5) is 0 Å². The van der Waals surface area contributed by atoms with E-state index in [1.807, 2.05) is 6.92 Å². The van der Waals surface area contributed by atoms with Gasteiger partial charge in [-0.2, -0.15) is 0 Å². The Bertz CT molecular complexity index is 144. The average Bonchev–Trinajstić information content (AvgIpc) is 2.32. The summed E-state index contributed by atoms with van der Waals surface area (Å²) in [4.78, 5) is 0. The number of ether oxygens (including phenoxy) is 1. The number of aliphatic hydroxyl groups excluding tert-OH is 1. The Balaban J connectivity index is 2.43. The number of hydrogen-bond acceptors (Lipinski definition) is 4. The summed E-state index contributed by atoms with van der Waals surface area (Å²) in [7, 11) is 0.487. The zero-order chi connectivity index (χ0) is 8.27. The van der Waals surface area contributed by atoms with Crippen LogP contribution in [0.2, 0.25) is 0 Å². The van der Waals surface area contributed by atoms with Crippen LogP contribution in [0.15, 0.2) is 0 Å². The minimum absolute atomic E-state index is 0.0137. The zero-order valence-corrected chi connectivity index (χ0v) is 7.98. The molecule has 0 bridgehead atoms. The van der Waals surface area contributed by atoms with Gasteiger partial charge >= 0.3 is 0 Å². The van der Waals surface area contributed by atoms with Gasteiger partial charge in [0.2, 0.25) is 0 Å². The fourth-order valence-electron chi connectivity index (χ4n) is 1.25. The third-order valence-electron chi connectivity index (χ3n) is 1.74. The van der Waals surface area contributed by atoms with Gasteiger partial charge in [0, 0.05) is 6.42 Å². The van der Waals surface area contributed by atoms with Gasteiger partial charge in [-0.1, -0.05) is 0 Å². The maximum Gasteiger partial charge on any atom is 0.137 e. The van der Waals surface area contributed by atoms with E-state index >= 15 is 0 Å². The van der Waals surface area contributed by atoms with E-state index in [-0.39, 0.29) is 24.9 Å². The Morgan fingerprint density at radius 1 is 1.82 bits per heavy atom. The third-order valence-corrected chi connectivity index (χ3v) is 2.36.